The number of methoxy groups -OCH3 is 2. The molecule has 0 spiro atoms. The number of carbonyl (C=O) groups excluding carboxylic acids is 2. The van der Waals surface area contributed by atoms with E-state index in [2.05, 4.69) is 0 Å². The highest BCUT2D eigenvalue weighted by atomic mass is 16.5. The highest BCUT2D eigenvalue weighted by Crippen LogP contribution is 2.29. The van der Waals surface area contributed by atoms with Crippen molar-refractivity contribution in [1.82, 2.24) is 0 Å². The number of imide groups is 1. The summed E-state index contributed by atoms with van der Waals surface area (Å²) >= 11 is 0. The quantitative estimate of drug-likeness (QED) is 0.734. The molecule has 5 heteroatoms. The summed E-state index contributed by atoms with van der Waals surface area (Å²) in [5, 5.41) is 0. The Kier molecular flexibility index (Phi) is 2.82. The predicted molar refractivity (Wildman–Crippen MR) is 61.2 cm³/mol. The van der Waals surface area contributed by atoms with E-state index in [1.165, 1.54) is 26.4 Å². The monoisotopic (exact) mass is 233 g/mol. The number of carbonyl (C=O) groups is 2. The van der Waals surface area contributed by atoms with Crippen molar-refractivity contribution in [2.24, 2.45) is 0 Å². The Morgan fingerprint density at radius 2 is 1.35 bits per heavy atom. The summed E-state index contributed by atoms with van der Waals surface area (Å²) in [6.45, 7) is 0. The van der Waals surface area contributed by atoms with Crippen LogP contribution in [-0.4, -0.2) is 26.0 Å². The summed E-state index contributed by atoms with van der Waals surface area (Å²) in [6, 6.07) is 4.87. The summed E-state index contributed by atoms with van der Waals surface area (Å²) in [5.74, 6) is 0.300. The highest BCUT2D eigenvalue weighted by molar-refractivity contribution is 6.28. The van der Waals surface area contributed by atoms with E-state index < -0.39 is 0 Å². The molecule has 0 unspecified atom stereocenters. The molecule has 17 heavy (non-hydrogen) atoms. The van der Waals surface area contributed by atoms with Gasteiger partial charge in [-0.25, -0.2) is 4.90 Å². The van der Waals surface area contributed by atoms with Crippen molar-refractivity contribution in [2.75, 3.05) is 19.1 Å². The SMILES string of the molecule is COc1cc(OC)cc(N2C(=O)C=CC2=O)c1. The molecule has 1 aliphatic rings. The predicted octanol–water partition coefficient (Wildman–Crippen LogP) is 1.13. The van der Waals surface area contributed by atoms with Gasteiger partial charge in [0.05, 0.1) is 19.9 Å². The minimum atomic E-state index is -0.370. The molecule has 0 bridgehead atoms. The van der Waals surface area contributed by atoms with Gasteiger partial charge in [0.25, 0.3) is 11.8 Å². The van der Waals surface area contributed by atoms with Crippen molar-refractivity contribution in [3.05, 3.63) is 30.4 Å². The van der Waals surface area contributed by atoms with Gasteiger partial charge in [-0.2, -0.15) is 0 Å². The molecule has 0 fully saturated rings. The summed E-state index contributed by atoms with van der Waals surface area (Å²) in [5.41, 5.74) is 0.432. The molecular formula is C12H11NO4. The fourth-order valence-electron chi connectivity index (χ4n) is 1.58. The second-order valence-corrected chi connectivity index (χ2v) is 3.42. The zero-order valence-corrected chi connectivity index (χ0v) is 9.47. The highest BCUT2D eigenvalue weighted by Gasteiger charge is 2.25. The van der Waals surface area contributed by atoms with Crippen molar-refractivity contribution >= 4 is 17.5 Å². The Hall–Kier alpha value is -2.30. The second kappa shape index (κ2) is 4.29. The van der Waals surface area contributed by atoms with Gasteiger partial charge < -0.3 is 9.47 Å². The number of anilines is 1. The molecule has 1 aromatic carbocycles. The lowest BCUT2D eigenvalue weighted by atomic mass is 10.2. The van der Waals surface area contributed by atoms with E-state index in [1.807, 2.05) is 0 Å². The van der Waals surface area contributed by atoms with Gasteiger partial charge in [0.1, 0.15) is 11.5 Å². The van der Waals surface area contributed by atoms with Crippen LogP contribution in [0.4, 0.5) is 5.69 Å². The largest absolute Gasteiger partial charge is 0.497 e. The first-order valence-electron chi connectivity index (χ1n) is 4.95. The van der Waals surface area contributed by atoms with Gasteiger partial charge in [-0.05, 0) is 0 Å². The van der Waals surface area contributed by atoms with E-state index in [4.69, 9.17) is 9.47 Å². The molecule has 1 aliphatic heterocycles. The Bertz CT molecular complexity index is 467. The van der Waals surface area contributed by atoms with Crippen molar-refractivity contribution in [3.8, 4) is 11.5 Å². The number of ether oxygens (including phenoxy) is 2. The Morgan fingerprint density at radius 3 is 1.76 bits per heavy atom. The van der Waals surface area contributed by atoms with E-state index in [-0.39, 0.29) is 11.8 Å². The van der Waals surface area contributed by atoms with Crippen LogP contribution in [0.15, 0.2) is 30.4 Å². The number of rotatable bonds is 3. The minimum Gasteiger partial charge on any atom is -0.497 e. The second-order valence-electron chi connectivity index (χ2n) is 3.42. The van der Waals surface area contributed by atoms with E-state index in [1.54, 1.807) is 18.2 Å². The van der Waals surface area contributed by atoms with Crippen LogP contribution in [0.2, 0.25) is 0 Å². The molecular weight excluding hydrogens is 222 g/mol. The van der Waals surface area contributed by atoms with Crippen LogP contribution in [0.3, 0.4) is 0 Å². The van der Waals surface area contributed by atoms with Crippen LogP contribution in [0.25, 0.3) is 0 Å². The normalized spacial score (nSPS) is 14.4. The molecule has 0 radical (unpaired) electrons. The standard InChI is InChI=1S/C12H11NO4/c1-16-9-5-8(6-10(7-9)17-2)13-11(14)3-4-12(13)15/h3-7H,1-2H3. The summed E-state index contributed by atoms with van der Waals surface area (Å²) in [7, 11) is 3.01. The maximum atomic E-state index is 11.5. The lowest BCUT2D eigenvalue weighted by molar-refractivity contribution is -0.119. The fraction of sp³-hybridized carbons (Fsp3) is 0.167. The van der Waals surface area contributed by atoms with E-state index in [0.29, 0.717) is 17.2 Å². The summed E-state index contributed by atoms with van der Waals surface area (Å²) < 4.78 is 10.2. The molecule has 0 N–H and O–H groups in total. The third-order valence-corrected chi connectivity index (χ3v) is 2.40. The number of hydrogen-bond donors (Lipinski definition) is 0. The fourth-order valence-corrected chi connectivity index (χ4v) is 1.58. The molecule has 0 atom stereocenters. The van der Waals surface area contributed by atoms with Crippen LogP contribution in [0.5, 0.6) is 11.5 Å². The zero-order chi connectivity index (χ0) is 12.4. The van der Waals surface area contributed by atoms with Crippen molar-refractivity contribution < 1.29 is 19.1 Å². The smallest absolute Gasteiger partial charge is 0.258 e. The maximum absolute atomic E-state index is 11.5. The van der Waals surface area contributed by atoms with Gasteiger partial charge >= 0.3 is 0 Å². The van der Waals surface area contributed by atoms with Gasteiger partial charge in [-0.1, -0.05) is 0 Å². The van der Waals surface area contributed by atoms with Crippen LogP contribution in [0, 0.1) is 0 Å². The van der Waals surface area contributed by atoms with Crippen molar-refractivity contribution in [3.63, 3.8) is 0 Å². The van der Waals surface area contributed by atoms with Gasteiger partial charge in [0, 0.05) is 30.4 Å². The molecule has 88 valence electrons. The van der Waals surface area contributed by atoms with Gasteiger partial charge in [-0.3, -0.25) is 9.59 Å². The molecule has 0 aliphatic carbocycles. The van der Waals surface area contributed by atoms with Gasteiger partial charge in [0.15, 0.2) is 0 Å². The number of hydrogen-bond acceptors (Lipinski definition) is 4. The first-order valence-corrected chi connectivity index (χ1v) is 4.95. The lowest BCUT2D eigenvalue weighted by Crippen LogP contribution is -2.29. The number of benzene rings is 1. The number of nitrogens with zero attached hydrogens (tertiary/aromatic N) is 1. The first-order chi connectivity index (χ1) is 8.15. The van der Waals surface area contributed by atoms with Crippen LogP contribution in [0.1, 0.15) is 0 Å². The van der Waals surface area contributed by atoms with E-state index >= 15 is 0 Å². The molecule has 2 rings (SSSR count). The molecule has 0 saturated carbocycles. The van der Waals surface area contributed by atoms with Gasteiger partial charge in [0.2, 0.25) is 0 Å². The van der Waals surface area contributed by atoms with Crippen molar-refractivity contribution in [1.29, 1.82) is 0 Å². The first kappa shape index (κ1) is 11.2. The lowest BCUT2D eigenvalue weighted by Gasteiger charge is -2.16. The Morgan fingerprint density at radius 1 is 0.882 bits per heavy atom. The zero-order valence-electron chi connectivity index (χ0n) is 9.47. The molecule has 0 aromatic heterocycles. The van der Waals surface area contributed by atoms with E-state index in [0.717, 1.165) is 4.90 Å². The summed E-state index contributed by atoms with van der Waals surface area (Å²) in [4.78, 5) is 24.1. The average molecular weight is 233 g/mol. The van der Waals surface area contributed by atoms with Crippen LogP contribution >= 0.6 is 0 Å². The van der Waals surface area contributed by atoms with Crippen molar-refractivity contribution in [2.45, 2.75) is 0 Å². The molecule has 1 aromatic rings. The molecule has 2 amide bonds. The average Bonchev–Trinajstić information content (AvgIpc) is 2.68. The van der Waals surface area contributed by atoms with E-state index in [9.17, 15) is 9.59 Å². The number of amides is 2. The summed E-state index contributed by atoms with van der Waals surface area (Å²) in [6.07, 6.45) is 2.46. The third-order valence-electron chi connectivity index (χ3n) is 2.40. The topological polar surface area (TPSA) is 55.8 Å². The maximum Gasteiger partial charge on any atom is 0.258 e. The molecule has 1 heterocycles. The Labute approximate surface area is 98.2 Å². The minimum absolute atomic E-state index is 0.370. The van der Waals surface area contributed by atoms with Crippen LogP contribution < -0.4 is 14.4 Å². The Balaban J connectivity index is 2.44. The van der Waals surface area contributed by atoms with Crippen LogP contribution in [-0.2, 0) is 9.59 Å². The molecule has 5 nitrogen and oxygen atoms in total. The van der Waals surface area contributed by atoms with Gasteiger partial charge in [-0.15, -0.1) is 0 Å². The third kappa shape index (κ3) is 1.99. The molecule has 0 saturated heterocycles.